The van der Waals surface area contributed by atoms with E-state index in [1.165, 1.54) is 0 Å². The summed E-state index contributed by atoms with van der Waals surface area (Å²) in [5.41, 5.74) is 5.64. The van der Waals surface area contributed by atoms with Crippen molar-refractivity contribution in [1.82, 2.24) is 10.2 Å². The van der Waals surface area contributed by atoms with Gasteiger partial charge in [0.15, 0.2) is 0 Å². The lowest BCUT2D eigenvalue weighted by Crippen LogP contribution is -2.53. The van der Waals surface area contributed by atoms with Crippen LogP contribution in [0.15, 0.2) is 24.3 Å². The second-order valence-corrected chi connectivity index (χ2v) is 5.30. The summed E-state index contributed by atoms with van der Waals surface area (Å²) in [6.45, 7) is 3.47. The fourth-order valence-electron chi connectivity index (χ4n) is 2.06. The smallest absolute Gasteiger partial charge is 0.242 e. The van der Waals surface area contributed by atoms with E-state index in [-0.39, 0.29) is 5.91 Å². The van der Waals surface area contributed by atoms with Gasteiger partial charge in [-0.2, -0.15) is 0 Å². The summed E-state index contributed by atoms with van der Waals surface area (Å²) < 4.78 is 0. The predicted octanol–water partition coefficient (Wildman–Crippen LogP) is 1.58. The molecule has 3 N–H and O–H groups in total. The maximum absolute atomic E-state index is 11.9. The summed E-state index contributed by atoms with van der Waals surface area (Å²) in [5.74, 6) is -0.365. The summed E-state index contributed by atoms with van der Waals surface area (Å²) in [6.07, 6.45) is 0.595. The zero-order valence-electron chi connectivity index (χ0n) is 11.7. The predicted molar refractivity (Wildman–Crippen MR) is 79.2 cm³/mol. The van der Waals surface area contributed by atoms with Crippen molar-refractivity contribution >= 4 is 17.5 Å². The van der Waals surface area contributed by atoms with Crippen LogP contribution in [0.25, 0.3) is 0 Å². The third-order valence-corrected chi connectivity index (χ3v) is 3.53. The highest BCUT2D eigenvalue weighted by Crippen LogP contribution is 2.26. The molecule has 106 valence electrons. The number of nitrogens with one attached hydrogen (secondary N) is 1. The quantitative estimate of drug-likeness (QED) is 0.799. The van der Waals surface area contributed by atoms with Crippen LogP contribution in [-0.2, 0) is 10.3 Å². The molecule has 1 atom stereocenters. The Morgan fingerprint density at radius 2 is 1.95 bits per heavy atom. The van der Waals surface area contributed by atoms with Crippen LogP contribution in [0.2, 0.25) is 5.02 Å². The van der Waals surface area contributed by atoms with Crippen molar-refractivity contribution < 1.29 is 4.79 Å². The van der Waals surface area contributed by atoms with Crippen molar-refractivity contribution in [3.05, 3.63) is 34.9 Å². The van der Waals surface area contributed by atoms with E-state index in [1.807, 2.05) is 33.2 Å². The Morgan fingerprint density at radius 3 is 2.37 bits per heavy atom. The van der Waals surface area contributed by atoms with Gasteiger partial charge in [0.2, 0.25) is 5.91 Å². The first-order chi connectivity index (χ1) is 8.92. The molecular formula is C14H22ClN3O. The number of rotatable bonds is 7. The van der Waals surface area contributed by atoms with Gasteiger partial charge in [-0.05, 0) is 38.2 Å². The van der Waals surface area contributed by atoms with Gasteiger partial charge in [-0.1, -0.05) is 30.7 Å². The molecule has 1 amide bonds. The molecule has 5 heteroatoms. The first kappa shape index (κ1) is 16.0. The molecule has 0 aliphatic rings. The van der Waals surface area contributed by atoms with Gasteiger partial charge >= 0.3 is 0 Å². The van der Waals surface area contributed by atoms with Crippen LogP contribution in [0, 0.1) is 0 Å². The first-order valence-electron chi connectivity index (χ1n) is 6.38. The summed E-state index contributed by atoms with van der Waals surface area (Å²) in [4.78, 5) is 14.0. The molecule has 1 rings (SSSR count). The van der Waals surface area contributed by atoms with Gasteiger partial charge in [-0.3, -0.25) is 10.1 Å². The van der Waals surface area contributed by atoms with Crippen LogP contribution >= 0.6 is 11.6 Å². The number of carbonyl (C=O) groups is 1. The number of hydrogen-bond acceptors (Lipinski definition) is 3. The molecule has 0 spiro atoms. The Hall–Kier alpha value is -1.10. The summed E-state index contributed by atoms with van der Waals surface area (Å²) in [5, 5.41) is 3.94. The summed E-state index contributed by atoms with van der Waals surface area (Å²) >= 11 is 5.89. The third kappa shape index (κ3) is 3.93. The van der Waals surface area contributed by atoms with E-state index in [9.17, 15) is 4.79 Å². The lowest BCUT2D eigenvalue weighted by molar-refractivity contribution is -0.125. The fourth-order valence-corrected chi connectivity index (χ4v) is 2.19. The molecule has 4 nitrogen and oxygen atoms in total. The molecule has 1 aromatic rings. The van der Waals surface area contributed by atoms with Crippen molar-refractivity contribution in [3.8, 4) is 0 Å². The second-order valence-electron chi connectivity index (χ2n) is 4.86. The molecule has 0 fully saturated rings. The largest absolute Gasteiger partial charge is 0.368 e. The highest BCUT2D eigenvalue weighted by atomic mass is 35.5. The van der Waals surface area contributed by atoms with Crippen LogP contribution in [0.1, 0.15) is 18.9 Å². The molecule has 0 radical (unpaired) electrons. The lowest BCUT2D eigenvalue weighted by Gasteiger charge is -2.32. The Kier molecular flexibility index (Phi) is 5.79. The van der Waals surface area contributed by atoms with Crippen molar-refractivity contribution in [2.24, 2.45) is 5.73 Å². The maximum atomic E-state index is 11.9. The molecule has 0 aliphatic carbocycles. The van der Waals surface area contributed by atoms with Crippen LogP contribution in [0.5, 0.6) is 0 Å². The Balaban J connectivity index is 2.98. The molecule has 0 bridgehead atoms. The van der Waals surface area contributed by atoms with Gasteiger partial charge in [0.05, 0.1) is 0 Å². The Labute approximate surface area is 119 Å². The minimum absolute atomic E-state index is 0.365. The summed E-state index contributed by atoms with van der Waals surface area (Å²) in [7, 11) is 3.98. The van der Waals surface area contributed by atoms with Gasteiger partial charge in [-0.25, -0.2) is 0 Å². The highest BCUT2D eigenvalue weighted by molar-refractivity contribution is 6.30. The van der Waals surface area contributed by atoms with E-state index >= 15 is 0 Å². The number of likely N-dealkylation sites (N-methyl/N-ethyl adjacent to an activating group) is 1. The average Bonchev–Trinajstić information content (AvgIpc) is 2.35. The maximum Gasteiger partial charge on any atom is 0.242 e. The van der Waals surface area contributed by atoms with Crippen LogP contribution in [0.3, 0.4) is 0 Å². The first-order valence-corrected chi connectivity index (χ1v) is 6.76. The average molecular weight is 284 g/mol. The molecule has 0 aromatic heterocycles. The van der Waals surface area contributed by atoms with E-state index in [0.717, 1.165) is 12.1 Å². The molecule has 0 saturated heterocycles. The topological polar surface area (TPSA) is 58.4 Å². The van der Waals surface area contributed by atoms with E-state index in [4.69, 9.17) is 17.3 Å². The highest BCUT2D eigenvalue weighted by Gasteiger charge is 2.35. The van der Waals surface area contributed by atoms with Gasteiger partial charge in [0.25, 0.3) is 0 Å². The van der Waals surface area contributed by atoms with Gasteiger partial charge in [-0.15, -0.1) is 0 Å². The van der Waals surface area contributed by atoms with Crippen LogP contribution in [0.4, 0.5) is 0 Å². The molecule has 1 unspecified atom stereocenters. The number of benzene rings is 1. The summed E-state index contributed by atoms with van der Waals surface area (Å²) in [6, 6.07) is 7.24. The molecule has 0 heterocycles. The minimum atomic E-state index is -0.833. The van der Waals surface area contributed by atoms with Crippen molar-refractivity contribution in [3.63, 3.8) is 0 Å². The number of nitrogens with two attached hydrogens (primary N) is 1. The number of hydrogen-bond donors (Lipinski definition) is 2. The van der Waals surface area contributed by atoms with Crippen molar-refractivity contribution in [2.45, 2.75) is 18.9 Å². The number of halogens is 1. The number of amides is 1. The standard InChI is InChI=1S/C14H22ClN3O/c1-4-14(13(16)19,17-9-10-18(2)3)11-5-7-12(15)8-6-11/h5-8,17H,4,9-10H2,1-3H3,(H2,16,19). The Bertz CT molecular complexity index is 419. The molecular weight excluding hydrogens is 262 g/mol. The monoisotopic (exact) mass is 283 g/mol. The zero-order valence-corrected chi connectivity index (χ0v) is 12.5. The minimum Gasteiger partial charge on any atom is -0.368 e. The Morgan fingerprint density at radius 1 is 1.37 bits per heavy atom. The number of carbonyl (C=O) groups excluding carboxylic acids is 1. The van der Waals surface area contributed by atoms with E-state index in [1.54, 1.807) is 12.1 Å². The second kappa shape index (κ2) is 6.89. The zero-order chi connectivity index (χ0) is 14.5. The van der Waals surface area contributed by atoms with Gasteiger partial charge < -0.3 is 10.6 Å². The normalized spacial score (nSPS) is 14.4. The fraction of sp³-hybridized carbons (Fsp3) is 0.500. The van der Waals surface area contributed by atoms with Crippen LogP contribution < -0.4 is 11.1 Å². The third-order valence-electron chi connectivity index (χ3n) is 3.27. The van der Waals surface area contributed by atoms with Crippen molar-refractivity contribution in [2.75, 3.05) is 27.2 Å². The van der Waals surface area contributed by atoms with Crippen LogP contribution in [-0.4, -0.2) is 38.0 Å². The van der Waals surface area contributed by atoms with Crippen molar-refractivity contribution in [1.29, 1.82) is 0 Å². The SMILES string of the molecule is CCC(NCCN(C)C)(C(N)=O)c1ccc(Cl)cc1. The molecule has 1 aromatic carbocycles. The van der Waals surface area contributed by atoms with E-state index in [2.05, 4.69) is 10.2 Å². The molecule has 0 saturated carbocycles. The van der Waals surface area contributed by atoms with Gasteiger partial charge in [0, 0.05) is 18.1 Å². The van der Waals surface area contributed by atoms with E-state index in [0.29, 0.717) is 18.0 Å². The molecule has 0 aliphatic heterocycles. The number of primary amides is 1. The lowest BCUT2D eigenvalue weighted by atomic mass is 9.86. The van der Waals surface area contributed by atoms with Gasteiger partial charge in [0.1, 0.15) is 5.54 Å². The molecule has 19 heavy (non-hydrogen) atoms. The number of nitrogens with zero attached hydrogens (tertiary/aromatic N) is 1. The van der Waals surface area contributed by atoms with E-state index < -0.39 is 5.54 Å².